The van der Waals surface area contributed by atoms with Crippen LogP contribution in [0.3, 0.4) is 0 Å². The monoisotopic (exact) mass is 439 g/mol. The van der Waals surface area contributed by atoms with E-state index in [1.165, 1.54) is 34.9 Å². The lowest BCUT2D eigenvalue weighted by molar-refractivity contribution is 0.0730. The van der Waals surface area contributed by atoms with Crippen LogP contribution in [-0.4, -0.2) is 57.0 Å². The van der Waals surface area contributed by atoms with Gasteiger partial charge in [-0.05, 0) is 25.1 Å². The largest absolute Gasteiger partial charge is 0.495 e. The van der Waals surface area contributed by atoms with Gasteiger partial charge in [0.1, 0.15) is 10.6 Å². The van der Waals surface area contributed by atoms with Crippen LogP contribution >= 0.6 is 11.3 Å². The molecule has 1 saturated heterocycles. The molecule has 1 fully saturated rings. The molecule has 1 aromatic carbocycles. The molecule has 0 unspecified atom stereocenters. The first kappa shape index (κ1) is 21.7. The number of carbonyl (C=O) groups is 1. The molecule has 2 heterocycles. The van der Waals surface area contributed by atoms with Crippen LogP contribution in [0.1, 0.15) is 40.1 Å². The maximum Gasteiger partial charge on any atom is 0.267 e. The summed E-state index contributed by atoms with van der Waals surface area (Å²) >= 11 is 1.34. The fourth-order valence-corrected chi connectivity index (χ4v) is 5.33. The standard InChI is InChI=1S/C19H25N3O5S2/c1-12(2)19-20-13(3)17(28-19)18(23)21-15-11-14(5-6-16(15)26-4)29(24,25)22-7-9-27-10-8-22/h5-6,11-12H,7-10H2,1-4H3,(H,21,23). The minimum absolute atomic E-state index is 0.0967. The van der Waals surface area contributed by atoms with E-state index in [9.17, 15) is 13.2 Å². The fraction of sp³-hybridized carbons (Fsp3) is 0.474. The zero-order valence-corrected chi connectivity index (χ0v) is 18.5. The van der Waals surface area contributed by atoms with E-state index in [4.69, 9.17) is 9.47 Å². The Morgan fingerprint density at radius 3 is 2.59 bits per heavy atom. The van der Waals surface area contributed by atoms with Gasteiger partial charge in [-0.3, -0.25) is 4.79 Å². The van der Waals surface area contributed by atoms with Crippen molar-refractivity contribution in [2.24, 2.45) is 0 Å². The molecule has 2 aromatic rings. The number of nitrogens with zero attached hydrogens (tertiary/aromatic N) is 2. The van der Waals surface area contributed by atoms with E-state index in [1.807, 2.05) is 13.8 Å². The number of amides is 1. The summed E-state index contributed by atoms with van der Waals surface area (Å²) in [5.41, 5.74) is 0.943. The molecule has 1 aliphatic heterocycles. The van der Waals surface area contributed by atoms with E-state index < -0.39 is 10.0 Å². The Kier molecular flexibility index (Phi) is 6.57. The molecule has 0 bridgehead atoms. The maximum absolute atomic E-state index is 12.9. The van der Waals surface area contributed by atoms with Gasteiger partial charge in [-0.1, -0.05) is 13.8 Å². The average molecular weight is 440 g/mol. The predicted octanol–water partition coefficient (Wildman–Crippen LogP) is 2.86. The molecular formula is C19H25N3O5S2. The highest BCUT2D eigenvalue weighted by molar-refractivity contribution is 7.89. The summed E-state index contributed by atoms with van der Waals surface area (Å²) in [5, 5.41) is 3.66. The normalized spacial score (nSPS) is 15.5. The van der Waals surface area contributed by atoms with Crippen molar-refractivity contribution in [3.63, 3.8) is 0 Å². The highest BCUT2D eigenvalue weighted by Gasteiger charge is 2.27. The second kappa shape index (κ2) is 8.78. The summed E-state index contributed by atoms with van der Waals surface area (Å²) < 4.78 is 37.8. The van der Waals surface area contributed by atoms with E-state index in [2.05, 4.69) is 10.3 Å². The lowest BCUT2D eigenvalue weighted by Gasteiger charge is -2.26. The Labute approximate surface area is 174 Å². The number of thiazole rings is 1. The smallest absolute Gasteiger partial charge is 0.267 e. The molecule has 29 heavy (non-hydrogen) atoms. The number of hydrogen-bond acceptors (Lipinski definition) is 7. The van der Waals surface area contributed by atoms with E-state index in [1.54, 1.807) is 13.0 Å². The van der Waals surface area contributed by atoms with E-state index >= 15 is 0 Å². The van der Waals surface area contributed by atoms with Crippen LogP contribution in [-0.2, 0) is 14.8 Å². The highest BCUT2D eigenvalue weighted by Crippen LogP contribution is 2.31. The van der Waals surface area contributed by atoms with Gasteiger partial charge in [0, 0.05) is 19.0 Å². The van der Waals surface area contributed by atoms with Crippen LogP contribution in [0.5, 0.6) is 5.75 Å². The Morgan fingerprint density at radius 1 is 1.31 bits per heavy atom. The molecule has 1 N–H and O–H groups in total. The number of anilines is 1. The zero-order chi connectivity index (χ0) is 21.2. The first-order chi connectivity index (χ1) is 13.7. The molecule has 0 radical (unpaired) electrons. The van der Waals surface area contributed by atoms with Gasteiger partial charge in [-0.15, -0.1) is 11.3 Å². The second-order valence-corrected chi connectivity index (χ2v) is 9.92. The van der Waals surface area contributed by atoms with E-state index in [0.717, 1.165) is 5.01 Å². The van der Waals surface area contributed by atoms with Crippen molar-refractivity contribution in [1.29, 1.82) is 0 Å². The number of carbonyl (C=O) groups excluding carboxylic acids is 1. The van der Waals surface area contributed by atoms with Gasteiger partial charge in [0.2, 0.25) is 10.0 Å². The molecule has 3 rings (SSSR count). The summed E-state index contributed by atoms with van der Waals surface area (Å²) in [6.07, 6.45) is 0. The molecule has 1 aliphatic rings. The number of rotatable bonds is 6. The SMILES string of the molecule is COc1ccc(S(=O)(=O)N2CCOCC2)cc1NC(=O)c1sc(C(C)C)nc1C. The quantitative estimate of drug-likeness (QED) is 0.743. The van der Waals surface area contributed by atoms with Crippen molar-refractivity contribution >= 4 is 33.0 Å². The molecule has 0 spiro atoms. The molecular weight excluding hydrogens is 414 g/mol. The molecule has 158 valence electrons. The highest BCUT2D eigenvalue weighted by atomic mass is 32.2. The number of methoxy groups -OCH3 is 1. The molecule has 1 aromatic heterocycles. The Hall–Kier alpha value is -2.01. The number of morpholine rings is 1. The lowest BCUT2D eigenvalue weighted by Crippen LogP contribution is -2.40. The lowest BCUT2D eigenvalue weighted by atomic mass is 10.2. The second-order valence-electron chi connectivity index (χ2n) is 6.95. The molecule has 0 atom stereocenters. The minimum atomic E-state index is -3.69. The topological polar surface area (TPSA) is 97.8 Å². The first-order valence-corrected chi connectivity index (χ1v) is 11.5. The number of ether oxygens (including phenoxy) is 2. The minimum Gasteiger partial charge on any atom is -0.495 e. The molecule has 0 saturated carbocycles. The van der Waals surface area contributed by atoms with Gasteiger partial charge in [0.15, 0.2) is 0 Å². The van der Waals surface area contributed by atoms with Crippen molar-refractivity contribution in [3.8, 4) is 5.75 Å². The van der Waals surface area contributed by atoms with Gasteiger partial charge in [0.25, 0.3) is 5.91 Å². The molecule has 1 amide bonds. The average Bonchev–Trinajstić information content (AvgIpc) is 3.10. The first-order valence-electron chi connectivity index (χ1n) is 9.28. The Morgan fingerprint density at radius 2 is 2.00 bits per heavy atom. The van der Waals surface area contributed by atoms with Gasteiger partial charge in [-0.2, -0.15) is 4.31 Å². The summed E-state index contributed by atoms with van der Waals surface area (Å²) in [4.78, 5) is 17.9. The van der Waals surface area contributed by atoms with Crippen LogP contribution < -0.4 is 10.1 Å². The number of sulfonamides is 1. The van der Waals surface area contributed by atoms with Crippen LogP contribution in [0.4, 0.5) is 5.69 Å². The third-order valence-corrected chi connectivity index (χ3v) is 7.89. The number of benzene rings is 1. The van der Waals surface area contributed by atoms with E-state index in [0.29, 0.717) is 48.3 Å². The van der Waals surface area contributed by atoms with Gasteiger partial charge >= 0.3 is 0 Å². The summed E-state index contributed by atoms with van der Waals surface area (Å²) in [6, 6.07) is 4.46. The molecule has 8 nitrogen and oxygen atoms in total. The Bertz CT molecular complexity index is 995. The predicted molar refractivity (Wildman–Crippen MR) is 111 cm³/mol. The summed E-state index contributed by atoms with van der Waals surface area (Å²) in [7, 11) is -2.22. The van der Waals surface area contributed by atoms with Crippen molar-refractivity contribution < 1.29 is 22.7 Å². The van der Waals surface area contributed by atoms with Crippen molar-refractivity contribution in [2.75, 3.05) is 38.7 Å². The third-order valence-electron chi connectivity index (χ3n) is 4.54. The number of aromatic nitrogens is 1. The number of aryl methyl sites for hydroxylation is 1. The van der Waals surface area contributed by atoms with Crippen LogP contribution in [0.2, 0.25) is 0 Å². The van der Waals surface area contributed by atoms with Crippen molar-refractivity contribution in [3.05, 3.63) is 33.8 Å². The summed E-state index contributed by atoms with van der Waals surface area (Å²) in [5.74, 6) is 0.258. The van der Waals surface area contributed by atoms with Crippen LogP contribution in [0.15, 0.2) is 23.1 Å². The molecule has 0 aliphatic carbocycles. The fourth-order valence-electron chi connectivity index (χ4n) is 2.94. The zero-order valence-electron chi connectivity index (χ0n) is 16.9. The molecule has 10 heteroatoms. The van der Waals surface area contributed by atoms with Gasteiger partial charge in [-0.25, -0.2) is 13.4 Å². The number of nitrogens with one attached hydrogen (secondary N) is 1. The summed E-state index contributed by atoms with van der Waals surface area (Å²) in [6.45, 7) is 7.14. The van der Waals surface area contributed by atoms with Gasteiger partial charge in [0.05, 0.1) is 41.6 Å². The maximum atomic E-state index is 12.9. The van der Waals surface area contributed by atoms with Crippen LogP contribution in [0, 0.1) is 6.92 Å². The van der Waals surface area contributed by atoms with E-state index in [-0.39, 0.29) is 16.7 Å². The Balaban J connectivity index is 1.90. The van der Waals surface area contributed by atoms with Crippen molar-refractivity contribution in [2.45, 2.75) is 31.6 Å². The third kappa shape index (κ3) is 4.61. The van der Waals surface area contributed by atoms with Crippen molar-refractivity contribution in [1.82, 2.24) is 9.29 Å². The van der Waals surface area contributed by atoms with Crippen LogP contribution in [0.25, 0.3) is 0 Å². The number of hydrogen-bond donors (Lipinski definition) is 1. The van der Waals surface area contributed by atoms with Gasteiger partial charge < -0.3 is 14.8 Å².